The summed E-state index contributed by atoms with van der Waals surface area (Å²) in [5, 5.41) is 12.9. The van der Waals surface area contributed by atoms with Gasteiger partial charge in [0, 0.05) is 6.20 Å². The van der Waals surface area contributed by atoms with Crippen LogP contribution in [0.15, 0.2) is 6.20 Å². The highest BCUT2D eigenvalue weighted by molar-refractivity contribution is 5.79. The number of ketones is 1. The summed E-state index contributed by atoms with van der Waals surface area (Å²) in [7, 11) is 0. The van der Waals surface area contributed by atoms with Crippen LogP contribution in [0, 0.1) is 11.3 Å². The standard InChI is InChI=1S/C13H20N4O/c1-3-4-5-6-7-12(10(2)18)17-9-11(8-14)13(15)16-17/h9,12H,3-7H2,1-2H3,(H2,15,16). The Balaban J connectivity index is 2.72. The molecule has 5 heteroatoms. The molecule has 0 saturated heterocycles. The average Bonchev–Trinajstić information content (AvgIpc) is 2.69. The van der Waals surface area contributed by atoms with E-state index in [1.54, 1.807) is 13.1 Å². The Morgan fingerprint density at radius 3 is 2.78 bits per heavy atom. The molecule has 0 aliphatic rings. The Labute approximate surface area is 108 Å². The molecule has 1 atom stereocenters. The van der Waals surface area contributed by atoms with Gasteiger partial charge < -0.3 is 5.73 Å². The van der Waals surface area contributed by atoms with Crippen molar-refractivity contribution in [3.63, 3.8) is 0 Å². The van der Waals surface area contributed by atoms with Crippen LogP contribution in [0.25, 0.3) is 0 Å². The molecule has 98 valence electrons. The Bertz CT molecular complexity index is 444. The van der Waals surface area contributed by atoms with E-state index in [0.717, 1.165) is 25.7 Å². The van der Waals surface area contributed by atoms with E-state index in [4.69, 9.17) is 11.0 Å². The maximum atomic E-state index is 11.6. The van der Waals surface area contributed by atoms with Crippen LogP contribution in [0.3, 0.4) is 0 Å². The fourth-order valence-electron chi connectivity index (χ4n) is 1.94. The first kappa shape index (κ1) is 14.2. The minimum Gasteiger partial charge on any atom is -0.381 e. The molecule has 2 N–H and O–H groups in total. The molecule has 5 nitrogen and oxygen atoms in total. The zero-order chi connectivity index (χ0) is 13.5. The van der Waals surface area contributed by atoms with Crippen LogP contribution in [0.4, 0.5) is 5.82 Å². The Kier molecular flexibility index (Phi) is 5.37. The van der Waals surface area contributed by atoms with Crippen molar-refractivity contribution in [2.45, 2.75) is 52.0 Å². The Morgan fingerprint density at radius 2 is 2.28 bits per heavy atom. The van der Waals surface area contributed by atoms with Crippen LogP contribution in [0.2, 0.25) is 0 Å². The van der Waals surface area contributed by atoms with Gasteiger partial charge in [0.25, 0.3) is 0 Å². The van der Waals surface area contributed by atoms with Crippen LogP contribution >= 0.6 is 0 Å². The first-order valence-electron chi connectivity index (χ1n) is 6.35. The second kappa shape index (κ2) is 6.80. The normalized spacial score (nSPS) is 12.1. The van der Waals surface area contributed by atoms with Gasteiger partial charge in [0.05, 0.1) is 0 Å². The number of anilines is 1. The molecule has 0 aliphatic heterocycles. The van der Waals surface area contributed by atoms with Crippen molar-refractivity contribution in [2.24, 2.45) is 0 Å². The first-order chi connectivity index (χ1) is 8.60. The summed E-state index contributed by atoms with van der Waals surface area (Å²) >= 11 is 0. The highest BCUT2D eigenvalue weighted by Crippen LogP contribution is 2.19. The van der Waals surface area contributed by atoms with Gasteiger partial charge in [-0.2, -0.15) is 10.4 Å². The van der Waals surface area contributed by atoms with Crippen molar-refractivity contribution in [1.29, 1.82) is 5.26 Å². The van der Waals surface area contributed by atoms with E-state index < -0.39 is 0 Å². The number of carbonyl (C=O) groups excluding carboxylic acids is 1. The van der Waals surface area contributed by atoms with Crippen LogP contribution < -0.4 is 5.73 Å². The first-order valence-corrected chi connectivity index (χ1v) is 6.35. The van der Waals surface area contributed by atoms with Gasteiger partial charge in [0.1, 0.15) is 17.7 Å². The number of Topliss-reactive ketones (excluding diaryl/α,β-unsaturated/α-hetero) is 1. The smallest absolute Gasteiger partial charge is 0.163 e. The number of nitrogen functional groups attached to an aromatic ring is 1. The van der Waals surface area contributed by atoms with Crippen molar-refractivity contribution in [3.05, 3.63) is 11.8 Å². The van der Waals surface area contributed by atoms with Crippen molar-refractivity contribution in [2.75, 3.05) is 5.73 Å². The summed E-state index contributed by atoms with van der Waals surface area (Å²) in [5.74, 6) is 0.246. The lowest BCUT2D eigenvalue weighted by Crippen LogP contribution is -2.17. The fourth-order valence-corrected chi connectivity index (χ4v) is 1.94. The van der Waals surface area contributed by atoms with E-state index >= 15 is 0 Å². The van der Waals surface area contributed by atoms with Gasteiger partial charge >= 0.3 is 0 Å². The number of unbranched alkanes of at least 4 members (excludes halogenated alkanes) is 3. The number of aromatic nitrogens is 2. The average molecular weight is 248 g/mol. The summed E-state index contributed by atoms with van der Waals surface area (Å²) in [5.41, 5.74) is 5.93. The lowest BCUT2D eigenvalue weighted by molar-refractivity contribution is -0.120. The Morgan fingerprint density at radius 1 is 1.56 bits per heavy atom. The van der Waals surface area contributed by atoms with Crippen LogP contribution in [0.5, 0.6) is 0 Å². The van der Waals surface area contributed by atoms with E-state index in [1.807, 2.05) is 6.07 Å². The molecular formula is C13H20N4O. The fraction of sp³-hybridized carbons (Fsp3) is 0.615. The summed E-state index contributed by atoms with van der Waals surface area (Å²) in [6, 6.07) is 1.67. The van der Waals surface area contributed by atoms with E-state index in [0.29, 0.717) is 5.56 Å². The van der Waals surface area contributed by atoms with Gasteiger partial charge in [-0.3, -0.25) is 9.48 Å². The number of nitriles is 1. The van der Waals surface area contributed by atoms with Crippen molar-refractivity contribution >= 4 is 11.6 Å². The summed E-state index contributed by atoms with van der Waals surface area (Å²) in [4.78, 5) is 11.6. The zero-order valence-corrected chi connectivity index (χ0v) is 11.0. The van der Waals surface area contributed by atoms with Gasteiger partial charge in [-0.25, -0.2) is 0 Å². The van der Waals surface area contributed by atoms with Crippen molar-refractivity contribution in [1.82, 2.24) is 9.78 Å². The van der Waals surface area contributed by atoms with Crippen LogP contribution in [-0.4, -0.2) is 15.6 Å². The number of rotatable bonds is 7. The summed E-state index contributed by atoms with van der Waals surface area (Å²) in [6.45, 7) is 3.70. The third-order valence-electron chi connectivity index (χ3n) is 3.00. The molecule has 0 radical (unpaired) electrons. The van der Waals surface area contributed by atoms with E-state index in [1.165, 1.54) is 11.1 Å². The van der Waals surface area contributed by atoms with Gasteiger partial charge in [-0.1, -0.05) is 32.6 Å². The maximum Gasteiger partial charge on any atom is 0.163 e. The number of nitrogens with zero attached hydrogens (tertiary/aromatic N) is 3. The molecule has 0 saturated carbocycles. The number of hydrogen-bond donors (Lipinski definition) is 1. The largest absolute Gasteiger partial charge is 0.381 e. The molecule has 18 heavy (non-hydrogen) atoms. The van der Waals surface area contributed by atoms with E-state index in [-0.39, 0.29) is 17.6 Å². The maximum absolute atomic E-state index is 11.6. The molecule has 0 fully saturated rings. The molecule has 0 bridgehead atoms. The Hall–Kier alpha value is -1.83. The molecule has 0 aliphatic carbocycles. The lowest BCUT2D eigenvalue weighted by Gasteiger charge is -2.13. The second-order valence-corrected chi connectivity index (χ2v) is 4.50. The highest BCUT2D eigenvalue weighted by atomic mass is 16.1. The van der Waals surface area contributed by atoms with Crippen LogP contribution in [0.1, 0.15) is 57.6 Å². The molecule has 1 heterocycles. The second-order valence-electron chi connectivity index (χ2n) is 4.50. The highest BCUT2D eigenvalue weighted by Gasteiger charge is 2.18. The van der Waals surface area contributed by atoms with Gasteiger partial charge in [0.15, 0.2) is 11.6 Å². The molecule has 0 aromatic carbocycles. The van der Waals surface area contributed by atoms with Crippen molar-refractivity contribution in [3.8, 4) is 6.07 Å². The van der Waals surface area contributed by atoms with E-state index in [9.17, 15) is 4.79 Å². The third kappa shape index (κ3) is 3.59. The number of nitrogens with two attached hydrogens (primary N) is 1. The number of hydrogen-bond acceptors (Lipinski definition) is 4. The third-order valence-corrected chi connectivity index (χ3v) is 3.00. The predicted molar refractivity (Wildman–Crippen MR) is 69.8 cm³/mol. The van der Waals surface area contributed by atoms with Gasteiger partial charge in [-0.05, 0) is 13.3 Å². The number of carbonyl (C=O) groups is 1. The minimum atomic E-state index is -0.300. The summed E-state index contributed by atoms with van der Waals surface area (Å²) < 4.78 is 1.53. The zero-order valence-electron chi connectivity index (χ0n) is 11.0. The van der Waals surface area contributed by atoms with Gasteiger partial charge in [-0.15, -0.1) is 0 Å². The SMILES string of the molecule is CCCCCCC(C(C)=O)n1cc(C#N)c(N)n1. The topological polar surface area (TPSA) is 84.7 Å². The molecule has 1 aromatic rings. The summed E-state index contributed by atoms with van der Waals surface area (Å²) in [6.07, 6.45) is 6.75. The molecular weight excluding hydrogens is 228 g/mol. The van der Waals surface area contributed by atoms with Crippen LogP contribution in [-0.2, 0) is 4.79 Å². The monoisotopic (exact) mass is 248 g/mol. The molecule has 0 spiro atoms. The van der Waals surface area contributed by atoms with E-state index in [2.05, 4.69) is 12.0 Å². The van der Waals surface area contributed by atoms with Crippen molar-refractivity contribution < 1.29 is 4.79 Å². The molecule has 0 amide bonds. The minimum absolute atomic E-state index is 0.0542. The molecule has 1 aromatic heterocycles. The molecule has 1 unspecified atom stereocenters. The molecule has 1 rings (SSSR count). The predicted octanol–water partition coefficient (Wildman–Crippen LogP) is 2.44. The van der Waals surface area contributed by atoms with Gasteiger partial charge in [0.2, 0.25) is 0 Å². The lowest BCUT2D eigenvalue weighted by atomic mass is 10.0. The quantitative estimate of drug-likeness (QED) is 0.751.